The number of ether oxygens (including phenoxy) is 1. The first-order valence-electron chi connectivity index (χ1n) is 7.01. The molecule has 5 nitrogen and oxygen atoms in total. The number of aromatic nitrogens is 2. The third-order valence-electron chi connectivity index (χ3n) is 3.19. The predicted octanol–water partition coefficient (Wildman–Crippen LogP) is 4.78. The zero-order valence-electron chi connectivity index (χ0n) is 12.9. The van der Waals surface area contributed by atoms with E-state index in [-0.39, 0.29) is 5.76 Å². The number of hydrogen-bond donors (Lipinski definition) is 0. The minimum atomic E-state index is 0.257. The third-order valence-corrected chi connectivity index (χ3v) is 4.90. The number of carbonyl (C=O) groups is 1. The molecular weight excluding hydrogens is 392 g/mol. The summed E-state index contributed by atoms with van der Waals surface area (Å²) in [4.78, 5) is 19.8. The van der Waals surface area contributed by atoms with Crippen molar-refractivity contribution in [1.29, 1.82) is 0 Å². The largest absolute Gasteiger partial charge is 0.497 e. The number of methoxy groups -OCH3 is 1. The fourth-order valence-corrected chi connectivity index (χ4v) is 3.42. The Hall–Kier alpha value is -2.12. The zero-order chi connectivity index (χ0) is 17.1. The van der Waals surface area contributed by atoms with Crippen LogP contribution in [0.2, 0.25) is 0 Å². The molecule has 2 heterocycles. The van der Waals surface area contributed by atoms with Gasteiger partial charge in [-0.2, -0.15) is 0 Å². The number of hydrogen-bond acceptors (Lipinski definition) is 6. The molecule has 3 aromatic rings. The van der Waals surface area contributed by atoms with Crippen molar-refractivity contribution in [2.24, 2.45) is 0 Å². The van der Waals surface area contributed by atoms with Gasteiger partial charge in [-0.3, -0.25) is 4.79 Å². The summed E-state index contributed by atoms with van der Waals surface area (Å²) in [7, 11) is 1.63. The molecule has 1 aromatic carbocycles. The molecule has 0 saturated carbocycles. The van der Waals surface area contributed by atoms with Gasteiger partial charge in [0.15, 0.2) is 22.3 Å². The number of nitrogens with zero attached hydrogens (tertiary/aromatic N) is 2. The molecule has 0 atom stereocenters. The van der Waals surface area contributed by atoms with Gasteiger partial charge in [0.1, 0.15) is 5.75 Å². The summed E-state index contributed by atoms with van der Waals surface area (Å²) in [5.74, 6) is 1.05. The first kappa shape index (κ1) is 16.7. The molecule has 0 saturated heterocycles. The minimum Gasteiger partial charge on any atom is -0.497 e. The molecule has 0 aliphatic carbocycles. The predicted molar refractivity (Wildman–Crippen MR) is 94.7 cm³/mol. The van der Waals surface area contributed by atoms with E-state index in [9.17, 15) is 4.79 Å². The summed E-state index contributed by atoms with van der Waals surface area (Å²) in [5.41, 5.74) is 2.62. The molecule has 3 rings (SSSR count). The highest BCUT2D eigenvalue weighted by Crippen LogP contribution is 2.35. The van der Waals surface area contributed by atoms with E-state index in [1.54, 1.807) is 13.2 Å². The summed E-state index contributed by atoms with van der Waals surface area (Å²) in [6.07, 6.45) is 0.661. The van der Waals surface area contributed by atoms with E-state index in [1.807, 2.05) is 37.3 Å². The van der Waals surface area contributed by atoms with Gasteiger partial charge in [-0.1, -0.05) is 0 Å². The Kier molecular flexibility index (Phi) is 5.01. The van der Waals surface area contributed by atoms with Crippen LogP contribution in [0.15, 0.2) is 55.5 Å². The lowest BCUT2D eigenvalue weighted by Gasteiger charge is -2.06. The van der Waals surface area contributed by atoms with E-state index in [1.165, 1.54) is 11.8 Å². The molecule has 7 heteroatoms. The first-order valence-corrected chi connectivity index (χ1v) is 8.62. The number of rotatable bonds is 5. The van der Waals surface area contributed by atoms with Crippen LogP contribution in [0.25, 0.3) is 11.3 Å². The Morgan fingerprint density at radius 3 is 2.58 bits per heavy atom. The molecule has 0 amide bonds. The van der Waals surface area contributed by atoms with Gasteiger partial charge >= 0.3 is 0 Å². The van der Waals surface area contributed by atoms with Gasteiger partial charge in [0.25, 0.3) is 0 Å². The second-order valence-corrected chi connectivity index (χ2v) is 6.70. The van der Waals surface area contributed by atoms with Gasteiger partial charge in [-0.15, -0.1) is 0 Å². The molecule has 24 heavy (non-hydrogen) atoms. The fourth-order valence-electron chi connectivity index (χ4n) is 2.08. The fraction of sp³-hybridized carbons (Fsp3) is 0.118. The Bertz CT molecular complexity index is 878. The van der Waals surface area contributed by atoms with Crippen molar-refractivity contribution in [3.63, 3.8) is 0 Å². The van der Waals surface area contributed by atoms with E-state index in [0.29, 0.717) is 21.0 Å². The second kappa shape index (κ2) is 7.19. The van der Waals surface area contributed by atoms with Gasteiger partial charge in [-0.25, -0.2) is 9.97 Å². The number of halogens is 1. The maximum Gasteiger partial charge on any atom is 0.196 e. The molecule has 0 radical (unpaired) electrons. The lowest BCUT2D eigenvalue weighted by Crippen LogP contribution is -1.93. The molecular formula is C17H13BrN2O3S. The van der Waals surface area contributed by atoms with Crippen molar-refractivity contribution in [3.05, 3.63) is 52.3 Å². The number of furan rings is 1. The Morgan fingerprint density at radius 1 is 1.21 bits per heavy atom. The second-order valence-electron chi connectivity index (χ2n) is 4.91. The van der Waals surface area contributed by atoms with E-state index >= 15 is 0 Å². The van der Waals surface area contributed by atoms with Crippen LogP contribution in [0.5, 0.6) is 5.75 Å². The van der Waals surface area contributed by atoms with Gasteiger partial charge in [-0.05, 0) is 64.9 Å². The van der Waals surface area contributed by atoms with Crippen LogP contribution in [0.3, 0.4) is 0 Å². The normalized spacial score (nSPS) is 10.6. The van der Waals surface area contributed by atoms with Crippen molar-refractivity contribution >= 4 is 34.0 Å². The molecule has 0 aliphatic rings. The van der Waals surface area contributed by atoms with Gasteiger partial charge in [0, 0.05) is 17.3 Å². The molecule has 0 N–H and O–H groups in total. The number of carbonyl (C=O) groups excluding carboxylic acids is 1. The zero-order valence-corrected chi connectivity index (χ0v) is 15.3. The Balaban J connectivity index is 1.93. The van der Waals surface area contributed by atoms with E-state index in [0.717, 1.165) is 22.7 Å². The highest BCUT2D eigenvalue weighted by atomic mass is 79.9. The smallest absolute Gasteiger partial charge is 0.196 e. The number of benzene rings is 1. The quantitative estimate of drug-likeness (QED) is 0.450. The lowest BCUT2D eigenvalue weighted by atomic mass is 10.1. The van der Waals surface area contributed by atoms with E-state index in [2.05, 4.69) is 25.9 Å². The van der Waals surface area contributed by atoms with Gasteiger partial charge in [0.05, 0.1) is 17.3 Å². The number of aryl methyl sites for hydroxylation is 1. The monoisotopic (exact) mass is 404 g/mol. The summed E-state index contributed by atoms with van der Waals surface area (Å²) >= 11 is 4.63. The van der Waals surface area contributed by atoms with Crippen LogP contribution >= 0.6 is 27.7 Å². The highest BCUT2D eigenvalue weighted by molar-refractivity contribution is 9.10. The first-order chi connectivity index (χ1) is 11.6. The van der Waals surface area contributed by atoms with Crippen LogP contribution in [0, 0.1) is 6.92 Å². The molecule has 2 aromatic heterocycles. The van der Waals surface area contributed by atoms with Crippen molar-refractivity contribution in [3.8, 4) is 17.0 Å². The van der Waals surface area contributed by atoms with Crippen LogP contribution in [-0.2, 0) is 0 Å². The molecule has 0 aliphatic heterocycles. The van der Waals surface area contributed by atoms with Crippen LogP contribution in [0.4, 0.5) is 0 Å². The Labute approximate surface area is 151 Å². The van der Waals surface area contributed by atoms with E-state index < -0.39 is 0 Å². The van der Waals surface area contributed by atoms with Crippen LogP contribution < -0.4 is 4.74 Å². The van der Waals surface area contributed by atoms with E-state index in [4.69, 9.17) is 9.15 Å². The summed E-state index contributed by atoms with van der Waals surface area (Å²) in [6.45, 7) is 1.91. The molecule has 122 valence electrons. The Morgan fingerprint density at radius 2 is 1.96 bits per heavy atom. The topological polar surface area (TPSA) is 65.2 Å². The third kappa shape index (κ3) is 3.68. The standard InChI is InChI=1S/C17H13BrN2O3S/c1-10-7-15(11-3-5-12(22-2)6-4-11)20-17(19-10)24-16-14(18)8-13(9-21)23-16/h3-9H,1-2H3. The average Bonchev–Trinajstić information content (AvgIpc) is 2.94. The van der Waals surface area contributed by atoms with Crippen molar-refractivity contribution < 1.29 is 13.9 Å². The number of aldehydes is 1. The van der Waals surface area contributed by atoms with Crippen molar-refractivity contribution in [2.75, 3.05) is 7.11 Å². The summed E-state index contributed by atoms with van der Waals surface area (Å²) < 4.78 is 11.3. The van der Waals surface area contributed by atoms with Gasteiger partial charge < -0.3 is 9.15 Å². The maximum absolute atomic E-state index is 10.8. The molecule has 0 unspecified atom stereocenters. The highest BCUT2D eigenvalue weighted by Gasteiger charge is 2.13. The van der Waals surface area contributed by atoms with Crippen molar-refractivity contribution in [2.45, 2.75) is 17.2 Å². The molecule has 0 fully saturated rings. The molecule has 0 bridgehead atoms. The van der Waals surface area contributed by atoms with Gasteiger partial charge in [0.2, 0.25) is 0 Å². The maximum atomic E-state index is 10.8. The lowest BCUT2D eigenvalue weighted by molar-refractivity contribution is 0.109. The van der Waals surface area contributed by atoms with Crippen LogP contribution in [-0.4, -0.2) is 23.4 Å². The average molecular weight is 405 g/mol. The molecule has 0 spiro atoms. The minimum absolute atomic E-state index is 0.257. The summed E-state index contributed by atoms with van der Waals surface area (Å²) in [6, 6.07) is 11.2. The summed E-state index contributed by atoms with van der Waals surface area (Å²) in [5, 5.41) is 1.09. The SMILES string of the molecule is COc1ccc(-c2cc(C)nc(Sc3oc(C=O)cc3Br)n2)cc1. The van der Waals surface area contributed by atoms with Crippen molar-refractivity contribution in [1.82, 2.24) is 9.97 Å². The van der Waals surface area contributed by atoms with Crippen LogP contribution in [0.1, 0.15) is 16.2 Å².